The Labute approximate surface area is 141 Å². The second-order valence-electron chi connectivity index (χ2n) is 4.80. The summed E-state index contributed by atoms with van der Waals surface area (Å²) >= 11 is 1.48. The molecule has 0 unspecified atom stereocenters. The van der Waals surface area contributed by atoms with Gasteiger partial charge in [-0.05, 0) is 30.3 Å². The zero-order valence-corrected chi connectivity index (χ0v) is 13.2. The molecule has 0 saturated carbocycles. The van der Waals surface area contributed by atoms with E-state index in [0.29, 0.717) is 10.4 Å². The van der Waals surface area contributed by atoms with Crippen molar-refractivity contribution >= 4 is 23.4 Å². The number of halogens is 2. The lowest BCUT2D eigenvalue weighted by Crippen LogP contribution is -2.18. The Morgan fingerprint density at radius 2 is 1.75 bits per heavy atom. The second-order valence-corrected chi connectivity index (χ2v) is 5.92. The molecule has 1 heterocycles. The molecule has 0 aliphatic carbocycles. The highest BCUT2D eigenvalue weighted by molar-refractivity contribution is 7.99. The number of nitrogens with one attached hydrogen (secondary N) is 1. The largest absolute Gasteiger partial charge is 0.333 e. The van der Waals surface area contributed by atoms with Crippen molar-refractivity contribution in [3.63, 3.8) is 0 Å². The van der Waals surface area contributed by atoms with Crippen molar-refractivity contribution in [3.05, 3.63) is 72.6 Å². The Morgan fingerprint density at radius 3 is 2.50 bits per heavy atom. The number of rotatable bonds is 5. The first-order chi connectivity index (χ1) is 11.6. The van der Waals surface area contributed by atoms with E-state index in [4.69, 9.17) is 0 Å². The number of hydrogen-bond acceptors (Lipinski definition) is 3. The molecule has 1 N–H and O–H groups in total. The molecule has 1 aromatic heterocycles. The van der Waals surface area contributed by atoms with Crippen molar-refractivity contribution in [1.82, 2.24) is 9.78 Å². The average Bonchev–Trinajstić information content (AvgIpc) is 3.08. The van der Waals surface area contributed by atoms with Gasteiger partial charge in [0.25, 0.3) is 5.91 Å². The van der Waals surface area contributed by atoms with Crippen LogP contribution in [0.5, 0.6) is 0 Å². The van der Waals surface area contributed by atoms with Gasteiger partial charge in [-0.1, -0.05) is 42.1 Å². The number of carbonyl (C=O) groups excluding carboxylic acids is 1. The molecule has 0 aliphatic heterocycles. The molecule has 2 aromatic carbocycles. The summed E-state index contributed by atoms with van der Waals surface area (Å²) in [6.07, 6.45) is 1.17. The van der Waals surface area contributed by atoms with Crippen LogP contribution in [0, 0.1) is 0 Å². The molecule has 0 atom stereocenters. The summed E-state index contributed by atoms with van der Waals surface area (Å²) in [6.45, 7) is -2.87. The van der Waals surface area contributed by atoms with Crippen LogP contribution in [0.3, 0.4) is 0 Å². The normalized spacial score (nSPS) is 10.8. The van der Waals surface area contributed by atoms with Gasteiger partial charge in [-0.15, -0.1) is 0 Å². The molecule has 3 rings (SSSR count). The first-order valence-electron chi connectivity index (χ1n) is 7.10. The minimum atomic E-state index is -2.87. The van der Waals surface area contributed by atoms with Gasteiger partial charge in [0.05, 0.1) is 5.69 Å². The molecule has 0 radical (unpaired) electrons. The highest BCUT2D eigenvalue weighted by atomic mass is 32.2. The lowest BCUT2D eigenvalue weighted by atomic mass is 10.3. The van der Waals surface area contributed by atoms with Gasteiger partial charge in [-0.25, -0.2) is 0 Å². The first kappa shape index (κ1) is 16.2. The van der Waals surface area contributed by atoms with Gasteiger partial charge in [0.2, 0.25) is 0 Å². The number of para-hydroxylation sites is 1. The smallest absolute Gasteiger partial charge is 0.320 e. The number of aromatic nitrogens is 2. The van der Waals surface area contributed by atoms with E-state index in [2.05, 4.69) is 10.4 Å². The Kier molecular flexibility index (Phi) is 4.90. The molecule has 0 aliphatic rings. The van der Waals surface area contributed by atoms with Crippen molar-refractivity contribution < 1.29 is 13.6 Å². The molecule has 0 spiro atoms. The average molecular weight is 345 g/mol. The topological polar surface area (TPSA) is 46.9 Å². The van der Waals surface area contributed by atoms with Crippen LogP contribution in [0.25, 0.3) is 0 Å². The Hall–Kier alpha value is -2.67. The summed E-state index contributed by atoms with van der Waals surface area (Å²) in [4.78, 5) is 14.1. The molecule has 0 saturated heterocycles. The van der Waals surface area contributed by atoms with Crippen LogP contribution in [0.15, 0.2) is 76.7 Å². The Balaban J connectivity index is 1.83. The van der Waals surface area contributed by atoms with E-state index in [-0.39, 0.29) is 5.69 Å². The number of alkyl halides is 2. The van der Waals surface area contributed by atoms with Crippen LogP contribution >= 0.6 is 11.8 Å². The van der Waals surface area contributed by atoms with E-state index in [0.717, 1.165) is 9.79 Å². The van der Waals surface area contributed by atoms with Crippen LogP contribution < -0.4 is 5.32 Å². The maximum absolute atomic E-state index is 12.8. The molecule has 24 heavy (non-hydrogen) atoms. The monoisotopic (exact) mass is 345 g/mol. The third kappa shape index (κ3) is 3.62. The molecule has 122 valence electrons. The summed E-state index contributed by atoms with van der Waals surface area (Å²) in [7, 11) is 0. The molecule has 0 fully saturated rings. The van der Waals surface area contributed by atoms with E-state index >= 15 is 0 Å². The Bertz CT molecular complexity index is 837. The van der Waals surface area contributed by atoms with Crippen LogP contribution in [0.1, 0.15) is 17.0 Å². The van der Waals surface area contributed by atoms with E-state index < -0.39 is 12.5 Å². The SMILES string of the molecule is O=C(Nc1ccccc1Sc1ccccc1)c1ccnn1C(F)F. The predicted octanol–water partition coefficient (Wildman–Crippen LogP) is 4.68. The molecule has 0 bridgehead atoms. The van der Waals surface area contributed by atoms with Crippen LogP contribution in [-0.2, 0) is 0 Å². The van der Waals surface area contributed by atoms with Gasteiger partial charge >= 0.3 is 6.55 Å². The highest BCUT2D eigenvalue weighted by Crippen LogP contribution is 2.33. The quantitative estimate of drug-likeness (QED) is 0.730. The zero-order valence-electron chi connectivity index (χ0n) is 12.4. The molecular weight excluding hydrogens is 332 g/mol. The molecule has 7 heteroatoms. The molecule has 1 amide bonds. The third-order valence-electron chi connectivity index (χ3n) is 3.19. The number of amides is 1. The standard InChI is InChI=1S/C17H13F2N3OS/c18-17(19)22-14(10-11-20-22)16(23)21-13-8-4-5-9-15(13)24-12-6-2-1-3-7-12/h1-11,17H,(H,21,23). The fraction of sp³-hybridized carbons (Fsp3) is 0.0588. The van der Waals surface area contributed by atoms with Crippen molar-refractivity contribution in [3.8, 4) is 0 Å². The van der Waals surface area contributed by atoms with Crippen molar-refractivity contribution in [1.29, 1.82) is 0 Å². The van der Waals surface area contributed by atoms with Gasteiger partial charge in [0.15, 0.2) is 0 Å². The van der Waals surface area contributed by atoms with E-state index in [9.17, 15) is 13.6 Å². The molecular formula is C17H13F2N3OS. The van der Waals surface area contributed by atoms with Gasteiger partial charge in [-0.3, -0.25) is 4.79 Å². The number of nitrogens with zero attached hydrogens (tertiary/aromatic N) is 2. The zero-order chi connectivity index (χ0) is 16.9. The summed E-state index contributed by atoms with van der Waals surface area (Å²) in [5, 5.41) is 6.14. The predicted molar refractivity (Wildman–Crippen MR) is 88.4 cm³/mol. The fourth-order valence-corrected chi connectivity index (χ4v) is 3.03. The number of carbonyl (C=O) groups is 1. The lowest BCUT2D eigenvalue weighted by molar-refractivity contribution is 0.0520. The summed E-state index contributed by atoms with van der Waals surface area (Å²) in [6, 6.07) is 18.1. The molecule has 4 nitrogen and oxygen atoms in total. The van der Waals surface area contributed by atoms with E-state index in [1.807, 2.05) is 42.5 Å². The van der Waals surface area contributed by atoms with Crippen molar-refractivity contribution in [2.75, 3.05) is 5.32 Å². The van der Waals surface area contributed by atoms with Crippen LogP contribution in [0.2, 0.25) is 0 Å². The second kappa shape index (κ2) is 7.27. The third-order valence-corrected chi connectivity index (χ3v) is 4.28. The maximum atomic E-state index is 12.8. The summed E-state index contributed by atoms with van der Waals surface area (Å²) in [5.74, 6) is -0.631. The van der Waals surface area contributed by atoms with Gasteiger partial charge in [-0.2, -0.15) is 18.6 Å². The molecule has 3 aromatic rings. The Morgan fingerprint density at radius 1 is 1.04 bits per heavy atom. The van der Waals surface area contributed by atoms with Gasteiger partial charge < -0.3 is 5.32 Å². The highest BCUT2D eigenvalue weighted by Gasteiger charge is 2.18. The fourth-order valence-electron chi connectivity index (χ4n) is 2.11. The van der Waals surface area contributed by atoms with Crippen molar-refractivity contribution in [2.24, 2.45) is 0 Å². The summed E-state index contributed by atoms with van der Waals surface area (Å²) in [5.41, 5.74) is 0.364. The number of hydrogen-bond donors (Lipinski definition) is 1. The van der Waals surface area contributed by atoms with Gasteiger partial charge in [0, 0.05) is 16.0 Å². The van der Waals surface area contributed by atoms with Crippen LogP contribution in [-0.4, -0.2) is 15.7 Å². The van der Waals surface area contributed by atoms with Crippen LogP contribution in [0.4, 0.5) is 14.5 Å². The number of benzene rings is 2. The van der Waals surface area contributed by atoms with Gasteiger partial charge in [0.1, 0.15) is 5.69 Å². The van der Waals surface area contributed by atoms with E-state index in [1.54, 1.807) is 12.1 Å². The number of anilines is 1. The minimum Gasteiger partial charge on any atom is -0.320 e. The maximum Gasteiger partial charge on any atom is 0.333 e. The first-order valence-corrected chi connectivity index (χ1v) is 7.92. The minimum absolute atomic E-state index is 0.190. The summed E-state index contributed by atoms with van der Waals surface area (Å²) < 4.78 is 26.1. The lowest BCUT2D eigenvalue weighted by Gasteiger charge is -2.11. The van der Waals surface area contributed by atoms with Crippen molar-refractivity contribution in [2.45, 2.75) is 16.3 Å². The van der Waals surface area contributed by atoms with E-state index in [1.165, 1.54) is 24.0 Å².